The van der Waals surface area contributed by atoms with Gasteiger partial charge < -0.3 is 9.84 Å². The molecule has 1 atom stereocenters. The largest absolute Gasteiger partial charge is 0.383 e. The van der Waals surface area contributed by atoms with Gasteiger partial charge in [0, 0.05) is 18.0 Å². The van der Waals surface area contributed by atoms with E-state index in [9.17, 15) is 5.11 Å². The second-order valence-electron chi connectivity index (χ2n) is 2.66. The van der Waals surface area contributed by atoms with Gasteiger partial charge >= 0.3 is 0 Å². The summed E-state index contributed by atoms with van der Waals surface area (Å²) >= 11 is 3.31. The number of halogens is 1. The van der Waals surface area contributed by atoms with Crippen LogP contribution in [0.3, 0.4) is 0 Å². The number of methoxy groups -OCH3 is 1. The van der Waals surface area contributed by atoms with Gasteiger partial charge in [0.25, 0.3) is 0 Å². The predicted molar refractivity (Wildman–Crippen MR) is 47.6 cm³/mol. The van der Waals surface area contributed by atoms with E-state index in [1.54, 1.807) is 13.2 Å². The van der Waals surface area contributed by atoms with Crippen molar-refractivity contribution in [2.24, 2.45) is 0 Å². The van der Waals surface area contributed by atoms with Crippen molar-refractivity contribution in [3.05, 3.63) is 22.7 Å². The molecule has 0 radical (unpaired) electrons. The third-order valence-electron chi connectivity index (χ3n) is 1.60. The van der Waals surface area contributed by atoms with E-state index in [1.165, 1.54) is 0 Å². The Balaban J connectivity index is 2.58. The molecule has 0 saturated carbocycles. The summed E-state index contributed by atoms with van der Waals surface area (Å²) in [5.41, 5.74) is -0.800. The first-order valence-electron chi connectivity index (χ1n) is 3.42. The Morgan fingerprint density at radius 1 is 1.82 bits per heavy atom. The monoisotopic (exact) mass is 218 g/mol. The number of ether oxygens (including phenoxy) is 1. The molecular weight excluding hydrogens is 208 g/mol. The number of aliphatic hydroxyl groups is 1. The van der Waals surface area contributed by atoms with Crippen LogP contribution in [0, 0.1) is 0 Å². The summed E-state index contributed by atoms with van der Waals surface area (Å²) in [4.78, 5) is 0. The number of allylic oxidation sites excluding steroid dienone is 2. The van der Waals surface area contributed by atoms with Crippen LogP contribution in [0.15, 0.2) is 22.7 Å². The molecule has 1 unspecified atom stereocenters. The van der Waals surface area contributed by atoms with Gasteiger partial charge in [-0.2, -0.15) is 0 Å². The molecule has 0 aromatic carbocycles. The first-order valence-corrected chi connectivity index (χ1v) is 4.22. The molecule has 0 heterocycles. The molecule has 0 aliphatic heterocycles. The Morgan fingerprint density at radius 2 is 2.55 bits per heavy atom. The summed E-state index contributed by atoms with van der Waals surface area (Å²) in [6.45, 7) is 0.347. The SMILES string of the molecule is COCC1(O)C=CC(Br)=CC1. The highest BCUT2D eigenvalue weighted by Crippen LogP contribution is 2.23. The minimum atomic E-state index is -0.800. The van der Waals surface area contributed by atoms with Crippen molar-refractivity contribution >= 4 is 15.9 Å². The number of rotatable bonds is 2. The van der Waals surface area contributed by atoms with Crippen LogP contribution in [0.25, 0.3) is 0 Å². The summed E-state index contributed by atoms with van der Waals surface area (Å²) in [6.07, 6.45) is 6.13. The van der Waals surface area contributed by atoms with E-state index in [0.29, 0.717) is 13.0 Å². The Kier molecular flexibility index (Phi) is 2.87. The topological polar surface area (TPSA) is 29.5 Å². The van der Waals surface area contributed by atoms with Crippen molar-refractivity contribution in [1.82, 2.24) is 0 Å². The normalized spacial score (nSPS) is 30.3. The molecule has 1 N–H and O–H groups in total. The van der Waals surface area contributed by atoms with Gasteiger partial charge in [-0.1, -0.05) is 22.0 Å². The molecular formula is C8H11BrO2. The van der Waals surface area contributed by atoms with Crippen molar-refractivity contribution < 1.29 is 9.84 Å². The minimum absolute atomic E-state index is 0.347. The fraction of sp³-hybridized carbons (Fsp3) is 0.500. The lowest BCUT2D eigenvalue weighted by atomic mass is 9.97. The Morgan fingerprint density at radius 3 is 3.00 bits per heavy atom. The molecule has 1 rings (SSSR count). The average Bonchev–Trinajstić information content (AvgIpc) is 1.97. The van der Waals surface area contributed by atoms with Crippen LogP contribution in [0.5, 0.6) is 0 Å². The van der Waals surface area contributed by atoms with Gasteiger partial charge in [0.15, 0.2) is 0 Å². The highest BCUT2D eigenvalue weighted by molar-refractivity contribution is 9.11. The van der Waals surface area contributed by atoms with E-state index in [2.05, 4.69) is 15.9 Å². The number of hydrogen-bond acceptors (Lipinski definition) is 2. The molecule has 0 amide bonds. The highest BCUT2D eigenvalue weighted by atomic mass is 79.9. The average molecular weight is 219 g/mol. The fourth-order valence-corrected chi connectivity index (χ4v) is 1.30. The lowest BCUT2D eigenvalue weighted by Gasteiger charge is -2.24. The molecule has 3 heteroatoms. The minimum Gasteiger partial charge on any atom is -0.383 e. The molecule has 11 heavy (non-hydrogen) atoms. The van der Waals surface area contributed by atoms with Crippen LogP contribution < -0.4 is 0 Å². The van der Waals surface area contributed by atoms with Crippen LogP contribution in [0.2, 0.25) is 0 Å². The Hall–Kier alpha value is -0.120. The zero-order valence-electron chi connectivity index (χ0n) is 6.38. The summed E-state index contributed by atoms with van der Waals surface area (Å²) in [5.74, 6) is 0. The van der Waals surface area contributed by atoms with Crippen LogP contribution in [-0.4, -0.2) is 24.4 Å². The van der Waals surface area contributed by atoms with E-state index in [4.69, 9.17) is 4.74 Å². The molecule has 0 aromatic heterocycles. The highest BCUT2D eigenvalue weighted by Gasteiger charge is 2.23. The molecule has 0 fully saturated rings. The summed E-state index contributed by atoms with van der Waals surface area (Å²) < 4.78 is 5.89. The molecule has 0 bridgehead atoms. The van der Waals surface area contributed by atoms with Gasteiger partial charge in [0.1, 0.15) is 5.60 Å². The zero-order valence-corrected chi connectivity index (χ0v) is 7.97. The van der Waals surface area contributed by atoms with Crippen molar-refractivity contribution in [3.63, 3.8) is 0 Å². The predicted octanol–water partition coefficient (Wildman–Crippen LogP) is 1.60. The molecule has 1 aliphatic rings. The van der Waals surface area contributed by atoms with Crippen molar-refractivity contribution in [1.29, 1.82) is 0 Å². The van der Waals surface area contributed by atoms with E-state index in [-0.39, 0.29) is 0 Å². The van der Waals surface area contributed by atoms with E-state index < -0.39 is 5.60 Å². The summed E-state index contributed by atoms with van der Waals surface area (Å²) in [7, 11) is 1.58. The number of hydrogen-bond donors (Lipinski definition) is 1. The zero-order chi connectivity index (χ0) is 8.32. The maximum Gasteiger partial charge on any atom is 0.110 e. The maximum absolute atomic E-state index is 9.71. The second-order valence-corrected chi connectivity index (χ2v) is 3.58. The van der Waals surface area contributed by atoms with Crippen molar-refractivity contribution in [3.8, 4) is 0 Å². The molecule has 0 saturated heterocycles. The van der Waals surface area contributed by atoms with Crippen molar-refractivity contribution in [2.75, 3.05) is 13.7 Å². The van der Waals surface area contributed by atoms with Crippen molar-refractivity contribution in [2.45, 2.75) is 12.0 Å². The van der Waals surface area contributed by atoms with Gasteiger partial charge in [-0.05, 0) is 12.2 Å². The van der Waals surface area contributed by atoms with Gasteiger partial charge in [0.05, 0.1) is 6.61 Å². The Bertz CT molecular complexity index is 198. The maximum atomic E-state index is 9.71. The third kappa shape index (κ3) is 2.43. The molecule has 0 spiro atoms. The summed E-state index contributed by atoms with van der Waals surface area (Å²) in [6, 6.07) is 0. The second kappa shape index (κ2) is 3.52. The lowest BCUT2D eigenvalue weighted by molar-refractivity contribution is 0.00765. The smallest absolute Gasteiger partial charge is 0.110 e. The fourth-order valence-electron chi connectivity index (χ4n) is 1.00. The Labute approximate surface area is 74.7 Å². The first kappa shape index (κ1) is 8.97. The van der Waals surface area contributed by atoms with Crippen LogP contribution in [0.1, 0.15) is 6.42 Å². The molecule has 2 nitrogen and oxygen atoms in total. The van der Waals surface area contributed by atoms with Crippen LogP contribution in [0.4, 0.5) is 0 Å². The van der Waals surface area contributed by atoms with E-state index >= 15 is 0 Å². The van der Waals surface area contributed by atoms with Gasteiger partial charge in [0.2, 0.25) is 0 Å². The van der Waals surface area contributed by atoms with Gasteiger partial charge in [-0.15, -0.1) is 0 Å². The first-order chi connectivity index (χ1) is 5.16. The third-order valence-corrected chi connectivity index (χ3v) is 2.19. The van der Waals surface area contributed by atoms with Gasteiger partial charge in [-0.25, -0.2) is 0 Å². The van der Waals surface area contributed by atoms with E-state index in [1.807, 2.05) is 12.2 Å². The molecule has 0 aromatic rings. The van der Waals surface area contributed by atoms with Crippen LogP contribution in [-0.2, 0) is 4.74 Å². The molecule has 1 aliphatic carbocycles. The van der Waals surface area contributed by atoms with Gasteiger partial charge in [-0.3, -0.25) is 0 Å². The summed E-state index contributed by atoms with van der Waals surface area (Å²) in [5, 5.41) is 9.71. The quantitative estimate of drug-likeness (QED) is 0.764. The standard InChI is InChI=1S/C8H11BrO2/c1-11-6-8(10)4-2-7(9)3-5-8/h2-4,10H,5-6H2,1H3. The lowest BCUT2D eigenvalue weighted by Crippen LogP contribution is -2.32. The molecule has 62 valence electrons. The van der Waals surface area contributed by atoms with E-state index in [0.717, 1.165) is 4.48 Å². The van der Waals surface area contributed by atoms with Crippen LogP contribution >= 0.6 is 15.9 Å².